The summed E-state index contributed by atoms with van der Waals surface area (Å²) in [6.07, 6.45) is 3.86. The quantitative estimate of drug-likeness (QED) is 0.459. The lowest BCUT2D eigenvalue weighted by molar-refractivity contribution is -0.120. The van der Waals surface area contributed by atoms with Crippen LogP contribution in [0.15, 0.2) is 45.5 Å². The highest BCUT2D eigenvalue weighted by Gasteiger charge is 2.27. The van der Waals surface area contributed by atoms with Crippen LogP contribution in [0.1, 0.15) is 30.6 Å². The minimum Gasteiger partial charge on any atom is -0.356 e. The molecular weight excluding hydrogens is 431 g/mol. The highest BCUT2D eigenvalue weighted by atomic mass is 32.2. The van der Waals surface area contributed by atoms with Crippen LogP contribution in [-0.2, 0) is 21.2 Å². The van der Waals surface area contributed by atoms with Crippen LogP contribution >= 0.6 is 23.1 Å². The molecule has 0 unspecified atom stereocenters. The third-order valence-electron chi connectivity index (χ3n) is 4.61. The van der Waals surface area contributed by atoms with Gasteiger partial charge in [0, 0.05) is 29.4 Å². The highest BCUT2D eigenvalue weighted by molar-refractivity contribution is 7.99. The number of nitrogens with one attached hydrogen (secondary N) is 1. The summed E-state index contributed by atoms with van der Waals surface area (Å²) < 4.78 is 40.1. The molecule has 3 rings (SSSR count). The second-order valence-electron chi connectivity index (χ2n) is 6.87. The van der Waals surface area contributed by atoms with Crippen LogP contribution in [0.25, 0.3) is 0 Å². The van der Waals surface area contributed by atoms with Crippen molar-refractivity contribution in [3.05, 3.63) is 47.1 Å². The van der Waals surface area contributed by atoms with Crippen LogP contribution in [-0.4, -0.2) is 44.0 Å². The van der Waals surface area contributed by atoms with E-state index in [1.807, 2.05) is 0 Å². The molecule has 29 heavy (non-hydrogen) atoms. The van der Waals surface area contributed by atoms with Gasteiger partial charge in [-0.05, 0) is 61.4 Å². The van der Waals surface area contributed by atoms with E-state index in [9.17, 15) is 17.6 Å². The van der Waals surface area contributed by atoms with Crippen LogP contribution in [0.3, 0.4) is 0 Å². The van der Waals surface area contributed by atoms with Gasteiger partial charge in [-0.2, -0.15) is 4.31 Å². The molecule has 2 aromatic rings. The molecule has 158 valence electrons. The minimum absolute atomic E-state index is 0.111. The maximum absolute atomic E-state index is 12.9. The molecule has 1 aliphatic rings. The van der Waals surface area contributed by atoms with Crippen molar-refractivity contribution in [2.45, 2.75) is 41.2 Å². The second kappa shape index (κ2) is 10.6. The SMILES string of the molecule is O=C(Cc1ccc(S(=O)(=O)N2CCCCC2)s1)NCCCSc1ccc(F)cc1. The van der Waals surface area contributed by atoms with E-state index in [-0.39, 0.29) is 18.1 Å². The average Bonchev–Trinajstić information content (AvgIpc) is 3.19. The number of thioether (sulfide) groups is 1. The van der Waals surface area contributed by atoms with Crippen molar-refractivity contribution in [2.75, 3.05) is 25.4 Å². The Morgan fingerprint density at radius 2 is 1.83 bits per heavy atom. The molecule has 0 saturated carbocycles. The van der Waals surface area contributed by atoms with Gasteiger partial charge in [0.1, 0.15) is 10.0 Å². The standard InChI is InChI=1S/C20H25FN2O3S3/c21-16-5-7-17(8-6-16)27-14-4-11-22-19(24)15-18-9-10-20(28-18)29(25,26)23-12-2-1-3-13-23/h5-10H,1-4,11-15H2,(H,22,24). The van der Waals surface area contributed by atoms with E-state index in [1.165, 1.54) is 23.5 Å². The van der Waals surface area contributed by atoms with Crippen LogP contribution in [0.2, 0.25) is 0 Å². The number of benzene rings is 1. The maximum atomic E-state index is 12.9. The van der Waals surface area contributed by atoms with Crippen LogP contribution in [0.5, 0.6) is 0 Å². The van der Waals surface area contributed by atoms with Gasteiger partial charge in [-0.1, -0.05) is 6.42 Å². The summed E-state index contributed by atoms with van der Waals surface area (Å²) in [5.74, 6) is 0.464. The lowest BCUT2D eigenvalue weighted by atomic mass is 10.2. The highest BCUT2D eigenvalue weighted by Crippen LogP contribution is 2.27. The molecule has 5 nitrogen and oxygen atoms in total. The Kier molecular flexibility index (Phi) is 8.11. The number of thiophene rings is 1. The number of hydrogen-bond donors (Lipinski definition) is 1. The second-order valence-corrected chi connectivity index (χ2v) is 11.4. The average molecular weight is 457 g/mol. The van der Waals surface area contributed by atoms with Gasteiger partial charge in [0.2, 0.25) is 5.91 Å². The Bertz CT molecular complexity index is 907. The van der Waals surface area contributed by atoms with Gasteiger partial charge in [-0.15, -0.1) is 23.1 Å². The van der Waals surface area contributed by atoms with E-state index in [0.717, 1.165) is 41.2 Å². The molecule has 9 heteroatoms. The molecule has 0 aliphatic carbocycles. The van der Waals surface area contributed by atoms with Gasteiger partial charge in [0.15, 0.2) is 0 Å². The molecule has 0 atom stereocenters. The number of hydrogen-bond acceptors (Lipinski definition) is 5. The van der Waals surface area contributed by atoms with Crippen LogP contribution in [0, 0.1) is 5.82 Å². The number of halogens is 1. The van der Waals surface area contributed by atoms with E-state index < -0.39 is 10.0 Å². The van der Waals surface area contributed by atoms with Crippen molar-refractivity contribution in [3.63, 3.8) is 0 Å². The molecule has 0 bridgehead atoms. The van der Waals surface area contributed by atoms with E-state index in [4.69, 9.17) is 0 Å². The third-order valence-corrected chi connectivity index (χ3v) is 9.16. The predicted molar refractivity (Wildman–Crippen MR) is 115 cm³/mol. The van der Waals surface area contributed by atoms with E-state index >= 15 is 0 Å². The smallest absolute Gasteiger partial charge is 0.252 e. The molecule has 1 fully saturated rings. The first kappa shape index (κ1) is 22.3. The van der Waals surface area contributed by atoms with Crippen LogP contribution < -0.4 is 5.32 Å². The third kappa shape index (κ3) is 6.53. The first-order chi connectivity index (χ1) is 13.9. The Labute approximate surface area is 179 Å². The molecule has 1 N–H and O–H groups in total. The minimum atomic E-state index is -3.44. The molecule has 1 aliphatic heterocycles. The van der Waals surface area contributed by atoms with Gasteiger partial charge in [-0.3, -0.25) is 4.79 Å². The fraction of sp³-hybridized carbons (Fsp3) is 0.450. The summed E-state index contributed by atoms with van der Waals surface area (Å²) in [6.45, 7) is 1.70. The molecule has 1 aromatic heterocycles. The van der Waals surface area contributed by atoms with Gasteiger partial charge in [0.05, 0.1) is 6.42 Å². The lowest BCUT2D eigenvalue weighted by Gasteiger charge is -2.25. The van der Waals surface area contributed by atoms with Gasteiger partial charge in [-0.25, -0.2) is 12.8 Å². The molecule has 1 saturated heterocycles. The number of amides is 1. The first-order valence-corrected chi connectivity index (χ1v) is 12.9. The van der Waals surface area contributed by atoms with Crippen molar-refractivity contribution < 1.29 is 17.6 Å². The number of carbonyl (C=O) groups is 1. The summed E-state index contributed by atoms with van der Waals surface area (Å²) in [4.78, 5) is 13.9. The van der Waals surface area contributed by atoms with Crippen molar-refractivity contribution in [2.24, 2.45) is 0 Å². The molecule has 2 heterocycles. The molecule has 0 spiro atoms. The summed E-state index contributed by atoms with van der Waals surface area (Å²) >= 11 is 2.80. The number of piperidine rings is 1. The fourth-order valence-corrected chi connectivity index (χ4v) is 6.94. The van der Waals surface area contributed by atoms with Gasteiger partial charge < -0.3 is 5.32 Å². The van der Waals surface area contributed by atoms with E-state index in [2.05, 4.69) is 5.32 Å². The Balaban J connectivity index is 1.40. The largest absolute Gasteiger partial charge is 0.356 e. The number of sulfonamides is 1. The predicted octanol–water partition coefficient (Wildman–Crippen LogP) is 3.90. The zero-order valence-corrected chi connectivity index (χ0v) is 18.6. The monoisotopic (exact) mass is 456 g/mol. The van der Waals surface area contributed by atoms with Gasteiger partial charge >= 0.3 is 0 Å². The van der Waals surface area contributed by atoms with E-state index in [0.29, 0.717) is 23.8 Å². The summed E-state index contributed by atoms with van der Waals surface area (Å²) in [5, 5.41) is 2.87. The van der Waals surface area contributed by atoms with Crippen molar-refractivity contribution in [1.29, 1.82) is 0 Å². The fourth-order valence-electron chi connectivity index (χ4n) is 3.07. The molecule has 0 radical (unpaired) electrons. The number of carbonyl (C=O) groups excluding carboxylic acids is 1. The molecular formula is C20H25FN2O3S3. The van der Waals surface area contributed by atoms with Crippen LogP contribution in [0.4, 0.5) is 4.39 Å². The number of rotatable bonds is 9. The number of nitrogens with zero attached hydrogens (tertiary/aromatic N) is 1. The molecule has 1 aromatic carbocycles. The van der Waals surface area contributed by atoms with Gasteiger partial charge in [0.25, 0.3) is 10.0 Å². The summed E-state index contributed by atoms with van der Waals surface area (Å²) in [6, 6.07) is 9.69. The summed E-state index contributed by atoms with van der Waals surface area (Å²) in [7, 11) is -3.44. The Hall–Kier alpha value is -1.42. The lowest BCUT2D eigenvalue weighted by Crippen LogP contribution is -2.35. The van der Waals surface area contributed by atoms with E-state index in [1.54, 1.807) is 40.3 Å². The van der Waals surface area contributed by atoms with Crippen molar-refractivity contribution in [1.82, 2.24) is 9.62 Å². The van der Waals surface area contributed by atoms with Crippen molar-refractivity contribution >= 4 is 39.0 Å². The Morgan fingerprint density at radius 3 is 2.55 bits per heavy atom. The molecule has 1 amide bonds. The normalized spacial score (nSPS) is 15.3. The zero-order valence-electron chi connectivity index (χ0n) is 16.1. The first-order valence-electron chi connectivity index (χ1n) is 9.69. The zero-order chi connectivity index (χ0) is 20.7. The maximum Gasteiger partial charge on any atom is 0.252 e. The topological polar surface area (TPSA) is 66.5 Å². The summed E-state index contributed by atoms with van der Waals surface area (Å²) in [5.41, 5.74) is 0. The Morgan fingerprint density at radius 1 is 1.10 bits per heavy atom. The van der Waals surface area contributed by atoms with Crippen molar-refractivity contribution in [3.8, 4) is 0 Å².